The lowest BCUT2D eigenvalue weighted by atomic mass is 9.93. The Bertz CT molecular complexity index is 1290. The number of nitrogens with zero attached hydrogens (tertiary/aromatic N) is 4. The summed E-state index contributed by atoms with van der Waals surface area (Å²) in [4.78, 5) is 31.4. The van der Waals surface area contributed by atoms with Crippen molar-refractivity contribution < 1.29 is 27.5 Å². The Morgan fingerprint density at radius 1 is 1.27 bits per heavy atom. The van der Waals surface area contributed by atoms with Crippen molar-refractivity contribution in [2.75, 3.05) is 17.6 Å². The van der Waals surface area contributed by atoms with E-state index in [2.05, 4.69) is 15.4 Å². The third-order valence-corrected chi connectivity index (χ3v) is 6.02. The van der Waals surface area contributed by atoms with Crippen molar-refractivity contribution in [3.05, 3.63) is 41.7 Å². The van der Waals surface area contributed by atoms with Crippen LogP contribution in [0.15, 0.2) is 30.6 Å². The second kappa shape index (κ2) is 7.36. The number of likely N-dealkylation sites (tertiary alicyclic amines) is 1. The number of hydrogen-bond donors (Lipinski definition) is 2. The first kappa shape index (κ1) is 21.0. The van der Waals surface area contributed by atoms with E-state index in [1.54, 1.807) is 7.05 Å². The number of pyridine rings is 1. The zero-order valence-corrected chi connectivity index (χ0v) is 17.4. The van der Waals surface area contributed by atoms with Gasteiger partial charge in [-0.15, -0.1) is 0 Å². The topological polar surface area (TPSA) is 115 Å². The first-order valence-corrected chi connectivity index (χ1v) is 10.2. The summed E-state index contributed by atoms with van der Waals surface area (Å²) >= 11 is 0. The van der Waals surface area contributed by atoms with Gasteiger partial charge in [0.05, 0.1) is 29.7 Å². The smallest absolute Gasteiger partial charge is 0.416 e. The lowest BCUT2D eigenvalue weighted by molar-refractivity contribution is -0.147. The number of carbonyl (C=O) groups is 2. The first-order valence-electron chi connectivity index (χ1n) is 10.2. The van der Waals surface area contributed by atoms with Crippen molar-refractivity contribution in [1.82, 2.24) is 19.7 Å². The Labute approximate surface area is 185 Å². The summed E-state index contributed by atoms with van der Waals surface area (Å²) in [6, 6.07) is 2.57. The van der Waals surface area contributed by atoms with E-state index in [1.165, 1.54) is 28.0 Å². The van der Waals surface area contributed by atoms with E-state index >= 15 is 0 Å². The van der Waals surface area contributed by atoms with Crippen LogP contribution in [0.1, 0.15) is 30.0 Å². The van der Waals surface area contributed by atoms with Crippen molar-refractivity contribution in [2.45, 2.75) is 31.2 Å². The minimum atomic E-state index is -4.51. The van der Waals surface area contributed by atoms with Crippen LogP contribution in [0.5, 0.6) is 5.75 Å². The highest BCUT2D eigenvalue weighted by Gasteiger charge is 2.45. The van der Waals surface area contributed by atoms with Gasteiger partial charge in [-0.2, -0.15) is 18.3 Å². The van der Waals surface area contributed by atoms with Gasteiger partial charge >= 0.3 is 18.0 Å². The number of ether oxygens (including phenoxy) is 1. The summed E-state index contributed by atoms with van der Waals surface area (Å²) in [5.74, 6) is -1.39. The number of aromatic nitrogens is 3. The minimum Gasteiger partial charge on any atom is -0.488 e. The Morgan fingerprint density at radius 3 is 2.82 bits per heavy atom. The molecule has 172 valence electrons. The zero-order valence-electron chi connectivity index (χ0n) is 17.4. The van der Waals surface area contributed by atoms with E-state index in [0.29, 0.717) is 29.3 Å². The number of nitrogens with two attached hydrogens (primary N) is 1. The minimum absolute atomic E-state index is 0.0831. The monoisotopic (exact) mass is 460 g/mol. The second-order valence-electron chi connectivity index (χ2n) is 8.03. The van der Waals surface area contributed by atoms with Gasteiger partial charge < -0.3 is 20.7 Å². The number of piperidine rings is 1. The maximum absolute atomic E-state index is 13.1. The molecule has 12 heteroatoms. The molecule has 9 nitrogen and oxygen atoms in total. The highest BCUT2D eigenvalue weighted by Crippen LogP contribution is 2.46. The molecule has 0 saturated carbocycles. The molecule has 0 bridgehead atoms. The van der Waals surface area contributed by atoms with Crippen LogP contribution in [0.25, 0.3) is 10.9 Å². The normalized spacial score (nSPS) is 19.7. The lowest BCUT2D eigenvalue weighted by Gasteiger charge is -2.36. The molecule has 1 saturated heterocycles. The summed E-state index contributed by atoms with van der Waals surface area (Å²) in [7, 11) is 1.67. The van der Waals surface area contributed by atoms with E-state index in [9.17, 15) is 22.8 Å². The number of aryl methyl sites for hydroxylation is 1. The molecular formula is C21H19F3N6O3. The fourth-order valence-corrected chi connectivity index (χ4v) is 4.51. The van der Waals surface area contributed by atoms with Crippen LogP contribution < -0.4 is 15.8 Å². The number of amides is 2. The van der Waals surface area contributed by atoms with E-state index < -0.39 is 35.7 Å². The molecule has 2 atom stereocenters. The molecule has 0 spiro atoms. The molecular weight excluding hydrogens is 441 g/mol. The average Bonchev–Trinajstić information content (AvgIpc) is 3.35. The van der Waals surface area contributed by atoms with Gasteiger partial charge in [-0.1, -0.05) is 6.07 Å². The lowest BCUT2D eigenvalue weighted by Crippen LogP contribution is -2.48. The molecule has 4 heterocycles. The van der Waals surface area contributed by atoms with Crippen LogP contribution in [-0.2, 0) is 22.8 Å². The molecule has 3 N–H and O–H groups in total. The number of carbonyl (C=O) groups excluding carboxylic acids is 2. The van der Waals surface area contributed by atoms with Gasteiger partial charge in [0.1, 0.15) is 23.2 Å². The number of halogens is 3. The van der Waals surface area contributed by atoms with Gasteiger partial charge in [-0.3, -0.25) is 14.3 Å². The quantitative estimate of drug-likeness (QED) is 0.540. The third kappa shape index (κ3) is 3.41. The summed E-state index contributed by atoms with van der Waals surface area (Å²) in [5.41, 5.74) is 6.29. The third-order valence-electron chi connectivity index (χ3n) is 6.02. The van der Waals surface area contributed by atoms with Gasteiger partial charge in [0.25, 0.3) is 0 Å². The van der Waals surface area contributed by atoms with Gasteiger partial charge in [0, 0.05) is 24.5 Å². The molecule has 1 aromatic carbocycles. The maximum atomic E-state index is 13.1. The number of anilines is 2. The van der Waals surface area contributed by atoms with Gasteiger partial charge in [-0.25, -0.2) is 4.98 Å². The Kier molecular flexibility index (Phi) is 4.69. The molecule has 2 amide bonds. The number of benzene rings is 1. The van der Waals surface area contributed by atoms with Crippen LogP contribution in [0.2, 0.25) is 0 Å². The van der Waals surface area contributed by atoms with Crippen LogP contribution in [0, 0.1) is 0 Å². The predicted molar refractivity (Wildman–Crippen MR) is 111 cm³/mol. The number of nitrogens with one attached hydrogen (secondary N) is 1. The second-order valence-corrected chi connectivity index (χ2v) is 8.03. The summed E-state index contributed by atoms with van der Waals surface area (Å²) in [6.45, 7) is 0.277. The number of hydrogen-bond acceptors (Lipinski definition) is 6. The fraction of sp³-hybridized carbons (Fsp3) is 0.333. The number of rotatable bonds is 1. The molecule has 2 aliphatic rings. The van der Waals surface area contributed by atoms with Crippen LogP contribution in [0.4, 0.5) is 24.7 Å². The number of nitrogen functional groups attached to an aromatic ring is 1. The Hall–Kier alpha value is -3.83. The van der Waals surface area contributed by atoms with E-state index in [1.807, 2.05) is 0 Å². The maximum Gasteiger partial charge on any atom is 0.416 e. The van der Waals surface area contributed by atoms with Gasteiger partial charge in [-0.05, 0) is 25.0 Å². The highest BCUT2D eigenvalue weighted by molar-refractivity contribution is 6.40. The molecule has 0 unspecified atom stereocenters. The van der Waals surface area contributed by atoms with E-state index in [0.717, 1.165) is 12.1 Å². The van der Waals surface area contributed by atoms with Crippen molar-refractivity contribution in [2.24, 2.45) is 7.05 Å². The van der Waals surface area contributed by atoms with Crippen LogP contribution in [0.3, 0.4) is 0 Å². The Morgan fingerprint density at radius 2 is 2.06 bits per heavy atom. The predicted octanol–water partition coefficient (Wildman–Crippen LogP) is 2.63. The van der Waals surface area contributed by atoms with E-state index in [4.69, 9.17) is 10.5 Å². The van der Waals surface area contributed by atoms with Crippen molar-refractivity contribution in [3.8, 4) is 5.75 Å². The van der Waals surface area contributed by atoms with Crippen LogP contribution in [-0.4, -0.2) is 44.1 Å². The zero-order chi connectivity index (χ0) is 23.5. The molecule has 2 aliphatic heterocycles. The molecule has 3 aromatic rings. The Balaban J connectivity index is 1.42. The standard InChI is InChI=1S/C21H19F3N6O3/c1-29-17-12(8-27-29)13(9-26-18(17)25)28-19(31)20(32)30-6-2-3-14-16(30)11-5-4-10(21(22,23)24)7-15(11)33-14/h4-5,7-9,14,16H,2-3,6H2,1H3,(H2,25,26)(H,28,31)/t14-,16-/m0/s1. The number of fused-ring (bicyclic) bond motifs is 4. The van der Waals surface area contributed by atoms with Crippen LogP contribution >= 0.6 is 0 Å². The molecule has 2 aromatic heterocycles. The largest absolute Gasteiger partial charge is 0.488 e. The van der Waals surface area contributed by atoms with Gasteiger partial charge in [0.2, 0.25) is 0 Å². The average molecular weight is 460 g/mol. The fourth-order valence-electron chi connectivity index (χ4n) is 4.51. The highest BCUT2D eigenvalue weighted by atomic mass is 19.4. The van der Waals surface area contributed by atoms with Crippen molar-refractivity contribution >= 4 is 34.2 Å². The molecule has 0 radical (unpaired) electrons. The van der Waals surface area contributed by atoms with Crippen molar-refractivity contribution in [1.29, 1.82) is 0 Å². The number of alkyl halides is 3. The van der Waals surface area contributed by atoms with Crippen molar-refractivity contribution in [3.63, 3.8) is 0 Å². The molecule has 1 fully saturated rings. The molecule has 5 rings (SSSR count). The summed E-state index contributed by atoms with van der Waals surface area (Å²) in [5, 5.41) is 7.19. The first-order chi connectivity index (χ1) is 15.6. The summed E-state index contributed by atoms with van der Waals surface area (Å²) < 4.78 is 46.5. The molecule has 33 heavy (non-hydrogen) atoms. The van der Waals surface area contributed by atoms with E-state index in [-0.39, 0.29) is 23.8 Å². The molecule has 0 aliphatic carbocycles. The summed E-state index contributed by atoms with van der Waals surface area (Å²) in [6.07, 6.45) is -1.07. The van der Waals surface area contributed by atoms with Gasteiger partial charge in [0.15, 0.2) is 0 Å². The SMILES string of the molecule is Cn1ncc2c(NC(=O)C(=O)N3CCC[C@@H]4Oc5cc(C(F)(F)F)ccc5[C@@H]43)cnc(N)c21.